The Bertz CT molecular complexity index is 607. The zero-order chi connectivity index (χ0) is 14.4. The summed E-state index contributed by atoms with van der Waals surface area (Å²) in [6.45, 7) is 0.416. The van der Waals surface area contributed by atoms with E-state index in [1.54, 1.807) is 4.68 Å². The van der Waals surface area contributed by atoms with Crippen molar-refractivity contribution >= 4 is 18.0 Å². The Kier molecular flexibility index (Phi) is 3.39. The number of carbonyl (C=O) groups is 1. The molecule has 3 unspecified atom stereocenters. The normalized spacial score (nSPS) is 33.5. The van der Waals surface area contributed by atoms with Crippen LogP contribution < -0.4 is 0 Å². The molecule has 2 saturated heterocycles. The summed E-state index contributed by atoms with van der Waals surface area (Å²) in [6, 6.07) is 0.147. The second-order valence-corrected chi connectivity index (χ2v) is 6.39. The average molecular weight is 310 g/mol. The summed E-state index contributed by atoms with van der Waals surface area (Å²) in [5.41, 5.74) is 0. The minimum atomic E-state index is -0.686. The molecule has 0 aromatic carbocycles. The number of rotatable bonds is 2. The zero-order valence-electron chi connectivity index (χ0n) is 11.7. The highest BCUT2D eigenvalue weighted by Crippen LogP contribution is 2.33. The summed E-state index contributed by atoms with van der Waals surface area (Å²) in [5, 5.41) is 8.44. The molecular weight excluding hydrogens is 292 g/mol. The van der Waals surface area contributed by atoms with Crippen LogP contribution in [0.2, 0.25) is 0 Å². The number of carbonyl (C=O) groups excluding carboxylic acids is 1. The summed E-state index contributed by atoms with van der Waals surface area (Å²) in [6.07, 6.45) is 5.41. The first-order valence-corrected chi connectivity index (χ1v) is 7.98. The van der Waals surface area contributed by atoms with E-state index in [9.17, 15) is 4.79 Å². The molecule has 21 heavy (non-hydrogen) atoms. The molecule has 3 fully saturated rings. The van der Waals surface area contributed by atoms with E-state index in [0.717, 1.165) is 12.8 Å². The van der Waals surface area contributed by atoms with Crippen LogP contribution in [-0.4, -0.2) is 44.6 Å². The van der Waals surface area contributed by atoms with Gasteiger partial charge in [-0.05, 0) is 35.5 Å². The third kappa shape index (κ3) is 2.25. The maximum atomic E-state index is 11.9. The van der Waals surface area contributed by atoms with Gasteiger partial charge in [-0.2, -0.15) is 0 Å². The van der Waals surface area contributed by atoms with Crippen LogP contribution in [0.1, 0.15) is 50.6 Å². The predicted molar refractivity (Wildman–Crippen MR) is 74.2 cm³/mol. The standard InChI is InChI=1S/C13H18N4O3S/c18-10-6-9(11-7-19-12(10)20-11)17-13(21)16(14-15-17)8-4-2-1-3-5-8/h8-9,11-12H,1-7H2. The molecule has 1 saturated carbocycles. The van der Waals surface area contributed by atoms with E-state index < -0.39 is 6.29 Å². The Morgan fingerprint density at radius 3 is 2.71 bits per heavy atom. The highest BCUT2D eigenvalue weighted by Gasteiger charge is 2.45. The first kappa shape index (κ1) is 13.5. The second kappa shape index (κ2) is 5.26. The van der Waals surface area contributed by atoms with Gasteiger partial charge in [-0.15, -0.1) is 0 Å². The molecule has 3 atom stereocenters. The average Bonchev–Trinajstić information content (AvgIpc) is 3.10. The number of ether oxygens (including phenoxy) is 2. The maximum Gasteiger partial charge on any atom is 0.218 e. The number of hydrogen-bond donors (Lipinski definition) is 0. The van der Waals surface area contributed by atoms with E-state index in [1.807, 2.05) is 4.68 Å². The minimum absolute atomic E-state index is 0.0390. The fourth-order valence-corrected chi connectivity index (χ4v) is 3.86. The van der Waals surface area contributed by atoms with Crippen LogP contribution in [0.15, 0.2) is 0 Å². The van der Waals surface area contributed by atoms with Crippen molar-refractivity contribution in [3.05, 3.63) is 4.77 Å². The van der Waals surface area contributed by atoms with Crippen LogP contribution in [-0.2, 0) is 14.3 Å². The molecule has 114 valence electrons. The number of nitrogens with zero attached hydrogens (tertiary/aromatic N) is 4. The summed E-state index contributed by atoms with van der Waals surface area (Å²) >= 11 is 5.53. The van der Waals surface area contributed by atoms with Gasteiger partial charge in [-0.1, -0.05) is 19.3 Å². The Labute approximate surface area is 127 Å². The summed E-state index contributed by atoms with van der Waals surface area (Å²) in [5.74, 6) is -0.0390. The number of hydrogen-bond acceptors (Lipinski definition) is 6. The van der Waals surface area contributed by atoms with Crippen molar-refractivity contribution in [1.82, 2.24) is 19.8 Å². The lowest BCUT2D eigenvalue weighted by Crippen LogP contribution is -2.37. The Hall–Kier alpha value is -1.12. The SMILES string of the molecule is O=C1CC(n2nnn(C3CCCCC3)c2=S)C2COC1O2. The zero-order valence-corrected chi connectivity index (χ0v) is 12.5. The number of ketones is 1. The van der Waals surface area contributed by atoms with Gasteiger partial charge in [0, 0.05) is 6.42 Å². The topological polar surface area (TPSA) is 71.2 Å². The van der Waals surface area contributed by atoms with Gasteiger partial charge in [-0.25, -0.2) is 9.36 Å². The summed E-state index contributed by atoms with van der Waals surface area (Å²) < 4.78 is 15.0. The minimum Gasteiger partial charge on any atom is -0.343 e. The molecule has 1 aliphatic carbocycles. The number of tetrazole rings is 1. The van der Waals surface area contributed by atoms with Crippen molar-refractivity contribution in [3.63, 3.8) is 0 Å². The molecule has 4 rings (SSSR count). The fourth-order valence-electron chi connectivity index (χ4n) is 3.50. The van der Waals surface area contributed by atoms with Crippen molar-refractivity contribution < 1.29 is 14.3 Å². The van der Waals surface area contributed by atoms with E-state index >= 15 is 0 Å². The maximum absolute atomic E-state index is 11.9. The molecule has 2 bridgehead atoms. The van der Waals surface area contributed by atoms with E-state index in [2.05, 4.69) is 10.4 Å². The Morgan fingerprint density at radius 1 is 1.14 bits per heavy atom. The highest BCUT2D eigenvalue weighted by molar-refractivity contribution is 7.71. The molecule has 2 aliphatic heterocycles. The van der Waals surface area contributed by atoms with E-state index in [4.69, 9.17) is 21.7 Å². The first-order chi connectivity index (χ1) is 10.2. The van der Waals surface area contributed by atoms with E-state index in [0.29, 0.717) is 23.8 Å². The number of Topliss-reactive ketones (excluding diaryl/α,β-unsaturated/α-hetero) is 1. The summed E-state index contributed by atoms with van der Waals surface area (Å²) in [4.78, 5) is 11.9. The van der Waals surface area contributed by atoms with Crippen LogP contribution in [0, 0.1) is 4.77 Å². The molecule has 0 N–H and O–H groups in total. The lowest BCUT2D eigenvalue weighted by Gasteiger charge is -2.26. The largest absolute Gasteiger partial charge is 0.343 e. The van der Waals surface area contributed by atoms with Crippen molar-refractivity contribution in [3.8, 4) is 0 Å². The van der Waals surface area contributed by atoms with Gasteiger partial charge in [0.05, 0.1) is 18.7 Å². The Morgan fingerprint density at radius 2 is 1.90 bits per heavy atom. The second-order valence-electron chi connectivity index (χ2n) is 6.02. The predicted octanol–water partition coefficient (Wildman–Crippen LogP) is 1.57. The van der Waals surface area contributed by atoms with E-state index in [-0.39, 0.29) is 17.9 Å². The van der Waals surface area contributed by atoms with Gasteiger partial charge >= 0.3 is 0 Å². The van der Waals surface area contributed by atoms with Gasteiger partial charge in [0.15, 0.2) is 5.78 Å². The number of aromatic nitrogens is 4. The molecule has 3 heterocycles. The van der Waals surface area contributed by atoms with Crippen LogP contribution in [0.25, 0.3) is 0 Å². The first-order valence-electron chi connectivity index (χ1n) is 7.58. The molecule has 1 aromatic rings. The molecule has 7 nitrogen and oxygen atoms in total. The van der Waals surface area contributed by atoms with Crippen LogP contribution in [0.5, 0.6) is 0 Å². The van der Waals surface area contributed by atoms with Crippen LogP contribution >= 0.6 is 12.2 Å². The van der Waals surface area contributed by atoms with Crippen molar-refractivity contribution in [2.45, 2.75) is 63.0 Å². The fraction of sp³-hybridized carbons (Fsp3) is 0.846. The van der Waals surface area contributed by atoms with Gasteiger partial charge in [0.2, 0.25) is 11.1 Å². The lowest BCUT2D eigenvalue weighted by atomic mass is 9.96. The third-order valence-corrected chi connectivity index (χ3v) is 5.05. The smallest absolute Gasteiger partial charge is 0.218 e. The van der Waals surface area contributed by atoms with Gasteiger partial charge < -0.3 is 9.47 Å². The molecule has 0 radical (unpaired) electrons. The molecular formula is C13H18N4O3S. The van der Waals surface area contributed by atoms with E-state index in [1.165, 1.54) is 19.3 Å². The monoisotopic (exact) mass is 310 g/mol. The molecule has 0 spiro atoms. The van der Waals surface area contributed by atoms with Crippen LogP contribution in [0.3, 0.4) is 0 Å². The molecule has 3 aliphatic rings. The van der Waals surface area contributed by atoms with Crippen LogP contribution in [0.4, 0.5) is 0 Å². The highest BCUT2D eigenvalue weighted by atomic mass is 32.1. The number of fused-ring (bicyclic) bond motifs is 2. The van der Waals surface area contributed by atoms with Gasteiger partial charge in [0.1, 0.15) is 6.10 Å². The summed E-state index contributed by atoms with van der Waals surface area (Å²) in [7, 11) is 0. The Balaban J connectivity index is 1.62. The third-order valence-electron chi connectivity index (χ3n) is 4.67. The molecule has 0 amide bonds. The van der Waals surface area contributed by atoms with Gasteiger partial charge in [0.25, 0.3) is 0 Å². The lowest BCUT2D eigenvalue weighted by molar-refractivity contribution is -0.156. The quantitative estimate of drug-likeness (QED) is 0.772. The van der Waals surface area contributed by atoms with Gasteiger partial charge in [-0.3, -0.25) is 4.79 Å². The van der Waals surface area contributed by atoms with Crippen molar-refractivity contribution in [2.75, 3.05) is 6.61 Å². The van der Waals surface area contributed by atoms with Crippen molar-refractivity contribution in [2.24, 2.45) is 0 Å². The molecule has 8 heteroatoms. The molecule has 1 aromatic heterocycles. The van der Waals surface area contributed by atoms with Crippen molar-refractivity contribution in [1.29, 1.82) is 0 Å².